The quantitative estimate of drug-likeness (QED) is 0.770. The molecule has 0 aliphatic rings. The normalized spacial score (nSPS) is 11.1. The molecule has 0 bridgehead atoms. The van der Waals surface area contributed by atoms with Crippen LogP contribution in [0.3, 0.4) is 0 Å². The molecule has 0 radical (unpaired) electrons. The van der Waals surface area contributed by atoms with Crippen LogP contribution in [0.4, 0.5) is 5.95 Å². The first-order valence-corrected chi connectivity index (χ1v) is 5.77. The van der Waals surface area contributed by atoms with Gasteiger partial charge in [-0.1, -0.05) is 12.7 Å². The summed E-state index contributed by atoms with van der Waals surface area (Å²) < 4.78 is 0. The maximum Gasteiger partial charge on any atom is 0.258 e. The summed E-state index contributed by atoms with van der Waals surface area (Å²) in [7, 11) is 0. The van der Waals surface area contributed by atoms with E-state index in [0.29, 0.717) is 22.6 Å². The zero-order valence-electron chi connectivity index (χ0n) is 10.8. The molecule has 2 heterocycles. The fourth-order valence-electron chi connectivity index (χ4n) is 1.74. The SMILES string of the molecule is C=C(N/C=C\C)c1cc2c(C)nc(N)nc2[nH]c1=O. The number of nitrogen functional groups attached to an aromatic ring is 1. The highest BCUT2D eigenvalue weighted by molar-refractivity contribution is 5.81. The van der Waals surface area contributed by atoms with Gasteiger partial charge in [0.1, 0.15) is 5.65 Å². The predicted molar refractivity (Wildman–Crippen MR) is 76.3 cm³/mol. The molecule has 19 heavy (non-hydrogen) atoms. The Morgan fingerprint density at radius 1 is 1.53 bits per heavy atom. The lowest BCUT2D eigenvalue weighted by Crippen LogP contribution is -2.17. The molecule has 0 fully saturated rings. The summed E-state index contributed by atoms with van der Waals surface area (Å²) in [6.07, 6.45) is 3.52. The van der Waals surface area contributed by atoms with Crippen molar-refractivity contribution in [1.82, 2.24) is 20.3 Å². The number of anilines is 1. The van der Waals surface area contributed by atoms with Crippen LogP contribution in [0.5, 0.6) is 0 Å². The van der Waals surface area contributed by atoms with E-state index in [9.17, 15) is 4.79 Å². The molecule has 0 saturated heterocycles. The van der Waals surface area contributed by atoms with Crippen molar-refractivity contribution in [1.29, 1.82) is 0 Å². The Kier molecular flexibility index (Phi) is 3.33. The number of nitrogens with zero attached hydrogens (tertiary/aromatic N) is 2. The second-order valence-corrected chi connectivity index (χ2v) is 4.06. The van der Waals surface area contributed by atoms with Crippen LogP contribution in [-0.4, -0.2) is 15.0 Å². The minimum absolute atomic E-state index is 0.138. The average molecular weight is 257 g/mol. The van der Waals surface area contributed by atoms with E-state index >= 15 is 0 Å². The minimum atomic E-state index is -0.271. The van der Waals surface area contributed by atoms with Crippen LogP contribution in [0, 0.1) is 6.92 Å². The van der Waals surface area contributed by atoms with Gasteiger partial charge in [-0.3, -0.25) is 4.79 Å². The van der Waals surface area contributed by atoms with E-state index < -0.39 is 0 Å². The number of aromatic amines is 1. The number of pyridine rings is 1. The second-order valence-electron chi connectivity index (χ2n) is 4.06. The number of hydrogen-bond acceptors (Lipinski definition) is 5. The van der Waals surface area contributed by atoms with Gasteiger partial charge >= 0.3 is 0 Å². The third kappa shape index (κ3) is 2.47. The molecule has 0 aliphatic heterocycles. The standard InChI is InChI=1S/C13H15N5O/c1-4-5-15-7(2)10-6-9-8(3)16-13(14)18-11(9)17-12(10)19/h4-6,15H,2H2,1,3H3,(H3,14,16,17,18,19)/b5-4-. The Hall–Kier alpha value is -2.63. The Balaban J connectivity index is 2.61. The van der Waals surface area contributed by atoms with Crippen LogP contribution < -0.4 is 16.6 Å². The number of H-pyrrole nitrogens is 1. The van der Waals surface area contributed by atoms with E-state index in [2.05, 4.69) is 26.8 Å². The van der Waals surface area contributed by atoms with Crippen LogP contribution in [0.15, 0.2) is 29.7 Å². The second kappa shape index (κ2) is 4.93. The maximum absolute atomic E-state index is 12.0. The van der Waals surface area contributed by atoms with Crippen molar-refractivity contribution in [2.45, 2.75) is 13.8 Å². The van der Waals surface area contributed by atoms with Gasteiger partial charge in [0, 0.05) is 11.1 Å². The monoisotopic (exact) mass is 257 g/mol. The molecule has 0 aliphatic carbocycles. The lowest BCUT2D eigenvalue weighted by molar-refractivity contribution is 1.11. The van der Waals surface area contributed by atoms with E-state index in [-0.39, 0.29) is 11.5 Å². The summed E-state index contributed by atoms with van der Waals surface area (Å²) in [5, 5.41) is 3.67. The zero-order valence-corrected chi connectivity index (χ0v) is 10.8. The molecule has 0 aromatic carbocycles. The van der Waals surface area contributed by atoms with Crippen molar-refractivity contribution in [3.8, 4) is 0 Å². The highest BCUT2D eigenvalue weighted by atomic mass is 16.1. The average Bonchev–Trinajstić information content (AvgIpc) is 2.34. The third-order valence-electron chi connectivity index (χ3n) is 2.67. The van der Waals surface area contributed by atoms with Gasteiger partial charge in [-0.05, 0) is 26.1 Å². The molecule has 0 saturated carbocycles. The summed E-state index contributed by atoms with van der Waals surface area (Å²) >= 11 is 0. The summed E-state index contributed by atoms with van der Waals surface area (Å²) in [6.45, 7) is 7.51. The molecule has 2 aromatic rings. The molecule has 0 unspecified atom stereocenters. The van der Waals surface area contributed by atoms with Gasteiger partial charge in [0.05, 0.1) is 11.3 Å². The molecule has 4 N–H and O–H groups in total. The van der Waals surface area contributed by atoms with E-state index in [1.807, 2.05) is 19.9 Å². The van der Waals surface area contributed by atoms with E-state index in [0.717, 1.165) is 5.39 Å². The first-order valence-electron chi connectivity index (χ1n) is 5.77. The van der Waals surface area contributed by atoms with Crippen LogP contribution in [0.2, 0.25) is 0 Å². The van der Waals surface area contributed by atoms with Crippen LogP contribution in [-0.2, 0) is 0 Å². The number of allylic oxidation sites excluding steroid dienone is 1. The van der Waals surface area contributed by atoms with E-state index in [1.54, 1.807) is 12.3 Å². The Morgan fingerprint density at radius 3 is 2.95 bits per heavy atom. The molecule has 0 atom stereocenters. The predicted octanol–water partition coefficient (Wildman–Crippen LogP) is 1.30. The largest absolute Gasteiger partial charge is 0.368 e. The molecule has 2 aromatic heterocycles. The smallest absolute Gasteiger partial charge is 0.258 e. The van der Waals surface area contributed by atoms with Crippen LogP contribution in [0.1, 0.15) is 18.2 Å². The van der Waals surface area contributed by atoms with Gasteiger partial charge in [-0.25, -0.2) is 4.98 Å². The Labute approximate surface area is 110 Å². The number of hydrogen-bond donors (Lipinski definition) is 3. The van der Waals surface area contributed by atoms with Crippen LogP contribution in [0.25, 0.3) is 16.7 Å². The first kappa shape index (κ1) is 12.8. The molecule has 6 heteroatoms. The molecule has 98 valence electrons. The highest BCUT2D eigenvalue weighted by Crippen LogP contribution is 2.16. The van der Waals surface area contributed by atoms with E-state index in [1.165, 1.54) is 0 Å². The van der Waals surface area contributed by atoms with Gasteiger partial charge in [0.15, 0.2) is 0 Å². The summed E-state index contributed by atoms with van der Waals surface area (Å²) in [4.78, 5) is 22.7. The highest BCUT2D eigenvalue weighted by Gasteiger charge is 2.09. The number of nitrogens with one attached hydrogen (secondary N) is 2. The van der Waals surface area contributed by atoms with Crippen molar-refractivity contribution in [2.24, 2.45) is 0 Å². The van der Waals surface area contributed by atoms with Crippen molar-refractivity contribution in [3.63, 3.8) is 0 Å². The van der Waals surface area contributed by atoms with Crippen LogP contribution >= 0.6 is 0 Å². The van der Waals surface area contributed by atoms with Gasteiger partial charge < -0.3 is 16.0 Å². The molecule has 0 spiro atoms. The molecule has 0 amide bonds. The lowest BCUT2D eigenvalue weighted by Gasteiger charge is -2.07. The minimum Gasteiger partial charge on any atom is -0.368 e. The first-order chi connectivity index (χ1) is 9.02. The van der Waals surface area contributed by atoms with Gasteiger partial charge in [0.25, 0.3) is 5.56 Å². The summed E-state index contributed by atoms with van der Waals surface area (Å²) in [5.74, 6) is 0.138. The van der Waals surface area contributed by atoms with Crippen molar-refractivity contribution >= 4 is 22.7 Å². The molecular formula is C13H15N5O. The van der Waals surface area contributed by atoms with Gasteiger partial charge in [0.2, 0.25) is 5.95 Å². The van der Waals surface area contributed by atoms with Crippen molar-refractivity contribution in [2.75, 3.05) is 5.73 Å². The van der Waals surface area contributed by atoms with Crippen molar-refractivity contribution in [3.05, 3.63) is 46.5 Å². The Morgan fingerprint density at radius 2 is 2.26 bits per heavy atom. The Bertz CT molecular complexity index is 730. The zero-order chi connectivity index (χ0) is 14.0. The maximum atomic E-state index is 12.0. The van der Waals surface area contributed by atoms with Crippen molar-refractivity contribution < 1.29 is 0 Å². The summed E-state index contributed by atoms with van der Waals surface area (Å²) in [6, 6.07) is 1.71. The number of aromatic nitrogens is 3. The van der Waals surface area contributed by atoms with Gasteiger partial charge in [-0.15, -0.1) is 0 Å². The van der Waals surface area contributed by atoms with Gasteiger partial charge in [-0.2, -0.15) is 4.98 Å². The fraction of sp³-hybridized carbons (Fsp3) is 0.154. The van der Waals surface area contributed by atoms with E-state index in [4.69, 9.17) is 5.73 Å². The number of nitrogens with two attached hydrogens (primary N) is 1. The number of rotatable bonds is 3. The number of aryl methyl sites for hydroxylation is 1. The number of fused-ring (bicyclic) bond motifs is 1. The molecule has 6 nitrogen and oxygen atoms in total. The lowest BCUT2D eigenvalue weighted by atomic mass is 10.1. The topological polar surface area (TPSA) is 96.7 Å². The fourth-order valence-corrected chi connectivity index (χ4v) is 1.74. The molecular weight excluding hydrogens is 242 g/mol. The molecule has 2 rings (SSSR count). The summed E-state index contributed by atoms with van der Waals surface area (Å²) in [5.41, 5.74) is 7.38. The third-order valence-corrected chi connectivity index (χ3v) is 2.67.